The summed E-state index contributed by atoms with van der Waals surface area (Å²) < 4.78 is 1.23. The second-order valence-corrected chi connectivity index (χ2v) is 7.21. The lowest BCUT2D eigenvalue weighted by Crippen LogP contribution is -2.38. The maximum atomic E-state index is 5.73. The fourth-order valence-corrected chi connectivity index (χ4v) is 4.50. The minimum atomic E-state index is 0.419. The zero-order chi connectivity index (χ0) is 12.8. The molecule has 0 aromatic carbocycles. The van der Waals surface area contributed by atoms with E-state index in [0.717, 1.165) is 12.3 Å². The molecule has 3 N–H and O–H groups in total. The van der Waals surface area contributed by atoms with Gasteiger partial charge in [0, 0.05) is 15.4 Å². The largest absolute Gasteiger partial charge is 0.271 e. The molecule has 2 rings (SSSR count). The SMILES string of the molecule is NNC(Cc1sccc1Br)CC1CCCCCC1. The molecular formula is C14H23BrN2S. The Morgan fingerprint density at radius 1 is 1.33 bits per heavy atom. The van der Waals surface area contributed by atoms with Crippen LogP contribution in [0.25, 0.3) is 0 Å². The molecule has 2 nitrogen and oxygen atoms in total. The van der Waals surface area contributed by atoms with Crippen LogP contribution in [-0.4, -0.2) is 6.04 Å². The smallest absolute Gasteiger partial charge is 0.0314 e. The number of hydrazine groups is 1. The molecule has 1 unspecified atom stereocenters. The van der Waals surface area contributed by atoms with Crippen LogP contribution in [0.2, 0.25) is 0 Å². The number of nitrogens with one attached hydrogen (secondary N) is 1. The first-order chi connectivity index (χ1) is 8.79. The number of hydrogen-bond acceptors (Lipinski definition) is 3. The van der Waals surface area contributed by atoms with Gasteiger partial charge in [0.2, 0.25) is 0 Å². The zero-order valence-electron chi connectivity index (χ0n) is 10.8. The minimum Gasteiger partial charge on any atom is -0.271 e. The Hall–Kier alpha value is 0.100. The Kier molecular flexibility index (Phi) is 6.15. The van der Waals surface area contributed by atoms with Crippen LogP contribution in [0.5, 0.6) is 0 Å². The molecule has 18 heavy (non-hydrogen) atoms. The van der Waals surface area contributed by atoms with Gasteiger partial charge in [-0.2, -0.15) is 0 Å². The van der Waals surface area contributed by atoms with E-state index in [1.165, 1.54) is 54.3 Å². The highest BCUT2D eigenvalue weighted by Crippen LogP contribution is 2.29. The molecule has 0 bridgehead atoms. The summed E-state index contributed by atoms with van der Waals surface area (Å²) >= 11 is 5.42. The van der Waals surface area contributed by atoms with E-state index in [0.29, 0.717) is 6.04 Å². The van der Waals surface area contributed by atoms with Crippen molar-refractivity contribution in [2.24, 2.45) is 11.8 Å². The molecule has 0 spiro atoms. The molecular weight excluding hydrogens is 308 g/mol. The summed E-state index contributed by atoms with van der Waals surface area (Å²) in [5.74, 6) is 6.60. The van der Waals surface area contributed by atoms with Gasteiger partial charge < -0.3 is 0 Å². The van der Waals surface area contributed by atoms with Crippen molar-refractivity contribution < 1.29 is 0 Å². The lowest BCUT2D eigenvalue weighted by molar-refractivity contribution is 0.353. The minimum absolute atomic E-state index is 0.419. The zero-order valence-corrected chi connectivity index (χ0v) is 13.2. The summed E-state index contributed by atoms with van der Waals surface area (Å²) in [6.07, 6.45) is 10.7. The molecule has 1 aliphatic rings. The Bertz CT molecular complexity index is 345. The predicted octanol–water partition coefficient (Wildman–Crippen LogP) is 4.25. The van der Waals surface area contributed by atoms with Crippen LogP contribution in [0.3, 0.4) is 0 Å². The standard InChI is InChI=1S/C14H23BrN2S/c15-13-7-8-18-14(13)10-12(17-16)9-11-5-3-1-2-4-6-11/h7-8,11-12,17H,1-6,9-10,16H2. The van der Waals surface area contributed by atoms with Gasteiger partial charge >= 0.3 is 0 Å². The van der Waals surface area contributed by atoms with Crippen LogP contribution in [0.15, 0.2) is 15.9 Å². The van der Waals surface area contributed by atoms with Gasteiger partial charge in [-0.15, -0.1) is 11.3 Å². The van der Waals surface area contributed by atoms with E-state index in [1.54, 1.807) is 0 Å². The molecule has 1 aromatic heterocycles. The quantitative estimate of drug-likeness (QED) is 0.481. The van der Waals surface area contributed by atoms with E-state index < -0.39 is 0 Å². The molecule has 102 valence electrons. The number of thiophene rings is 1. The van der Waals surface area contributed by atoms with Crippen molar-refractivity contribution in [1.82, 2.24) is 5.43 Å². The highest BCUT2D eigenvalue weighted by Gasteiger charge is 2.18. The van der Waals surface area contributed by atoms with E-state index in [9.17, 15) is 0 Å². The third-order valence-corrected chi connectivity index (χ3v) is 5.90. The summed E-state index contributed by atoms with van der Waals surface area (Å²) in [6.45, 7) is 0. The van der Waals surface area contributed by atoms with Gasteiger partial charge in [-0.25, -0.2) is 0 Å². The van der Waals surface area contributed by atoms with Crippen molar-refractivity contribution in [3.05, 3.63) is 20.8 Å². The molecule has 4 heteroatoms. The average Bonchev–Trinajstić information content (AvgIpc) is 2.64. The number of nitrogens with two attached hydrogens (primary N) is 1. The van der Waals surface area contributed by atoms with E-state index >= 15 is 0 Å². The van der Waals surface area contributed by atoms with Gasteiger partial charge in [0.25, 0.3) is 0 Å². The normalized spacial score (nSPS) is 19.7. The number of rotatable bonds is 5. The fourth-order valence-electron chi connectivity index (χ4n) is 2.91. The topological polar surface area (TPSA) is 38.0 Å². The highest BCUT2D eigenvalue weighted by atomic mass is 79.9. The Labute approximate surface area is 122 Å². The summed E-state index contributed by atoms with van der Waals surface area (Å²) in [7, 11) is 0. The molecule has 1 fully saturated rings. The fraction of sp³-hybridized carbons (Fsp3) is 0.714. The molecule has 1 atom stereocenters. The third kappa shape index (κ3) is 4.34. The number of hydrogen-bond donors (Lipinski definition) is 2. The van der Waals surface area contributed by atoms with E-state index in [4.69, 9.17) is 5.84 Å². The average molecular weight is 331 g/mol. The van der Waals surface area contributed by atoms with Crippen molar-refractivity contribution in [3.63, 3.8) is 0 Å². The van der Waals surface area contributed by atoms with Crippen LogP contribution in [0.1, 0.15) is 49.8 Å². The molecule has 0 aliphatic heterocycles. The lowest BCUT2D eigenvalue weighted by atomic mass is 9.91. The van der Waals surface area contributed by atoms with Gasteiger partial charge in [0.05, 0.1) is 0 Å². The second-order valence-electron chi connectivity index (χ2n) is 5.35. The van der Waals surface area contributed by atoms with Gasteiger partial charge in [0.1, 0.15) is 0 Å². The first-order valence-electron chi connectivity index (χ1n) is 6.97. The maximum Gasteiger partial charge on any atom is 0.0314 e. The Morgan fingerprint density at radius 3 is 2.61 bits per heavy atom. The maximum absolute atomic E-state index is 5.73. The van der Waals surface area contributed by atoms with Gasteiger partial charge in [-0.3, -0.25) is 11.3 Å². The molecule has 1 heterocycles. The van der Waals surface area contributed by atoms with Crippen molar-refractivity contribution in [3.8, 4) is 0 Å². The van der Waals surface area contributed by atoms with Crippen molar-refractivity contribution in [2.75, 3.05) is 0 Å². The number of halogens is 1. The van der Waals surface area contributed by atoms with Crippen LogP contribution >= 0.6 is 27.3 Å². The highest BCUT2D eigenvalue weighted by molar-refractivity contribution is 9.10. The molecule has 0 radical (unpaired) electrons. The Balaban J connectivity index is 1.86. The first kappa shape index (κ1) is 14.5. The van der Waals surface area contributed by atoms with Gasteiger partial charge in [0.15, 0.2) is 0 Å². The van der Waals surface area contributed by atoms with Crippen molar-refractivity contribution in [2.45, 2.75) is 57.4 Å². The summed E-state index contributed by atoms with van der Waals surface area (Å²) in [5, 5.41) is 2.14. The molecule has 1 saturated carbocycles. The van der Waals surface area contributed by atoms with E-state index in [2.05, 4.69) is 32.8 Å². The van der Waals surface area contributed by atoms with Gasteiger partial charge in [-0.1, -0.05) is 38.5 Å². The van der Waals surface area contributed by atoms with Crippen LogP contribution in [-0.2, 0) is 6.42 Å². The summed E-state index contributed by atoms with van der Waals surface area (Å²) in [5.41, 5.74) is 3.02. The van der Waals surface area contributed by atoms with Gasteiger partial charge in [-0.05, 0) is 46.1 Å². The molecule has 1 aliphatic carbocycles. The van der Waals surface area contributed by atoms with E-state index in [1.807, 2.05) is 11.3 Å². The van der Waals surface area contributed by atoms with Crippen molar-refractivity contribution in [1.29, 1.82) is 0 Å². The molecule has 1 aromatic rings. The molecule has 0 amide bonds. The summed E-state index contributed by atoms with van der Waals surface area (Å²) in [4.78, 5) is 1.41. The van der Waals surface area contributed by atoms with Crippen LogP contribution in [0, 0.1) is 5.92 Å². The van der Waals surface area contributed by atoms with Crippen LogP contribution in [0.4, 0.5) is 0 Å². The second kappa shape index (κ2) is 7.63. The first-order valence-corrected chi connectivity index (χ1v) is 8.65. The Morgan fingerprint density at radius 2 is 2.06 bits per heavy atom. The van der Waals surface area contributed by atoms with Crippen LogP contribution < -0.4 is 11.3 Å². The summed E-state index contributed by atoms with van der Waals surface area (Å²) in [6, 6.07) is 2.54. The third-order valence-electron chi connectivity index (χ3n) is 3.95. The molecule has 0 saturated heterocycles. The lowest BCUT2D eigenvalue weighted by Gasteiger charge is -2.21. The monoisotopic (exact) mass is 330 g/mol. The van der Waals surface area contributed by atoms with Crippen molar-refractivity contribution >= 4 is 27.3 Å². The van der Waals surface area contributed by atoms with E-state index in [-0.39, 0.29) is 0 Å². The predicted molar refractivity (Wildman–Crippen MR) is 82.6 cm³/mol.